The van der Waals surface area contributed by atoms with Gasteiger partial charge in [0.1, 0.15) is 5.82 Å². The number of carbonyl (C=O) groups is 2. The molecule has 1 aliphatic heterocycles. The van der Waals surface area contributed by atoms with Crippen LogP contribution in [-0.4, -0.2) is 38.2 Å². The van der Waals surface area contributed by atoms with Gasteiger partial charge < -0.3 is 15.3 Å². The molecule has 0 aliphatic carbocycles. The van der Waals surface area contributed by atoms with Gasteiger partial charge in [0.05, 0.1) is 19.3 Å². The average molecular weight is 539 g/mol. The van der Waals surface area contributed by atoms with Gasteiger partial charge >= 0.3 is 5.97 Å². The number of aliphatic carboxylic acids is 1. The summed E-state index contributed by atoms with van der Waals surface area (Å²) in [5.41, 5.74) is 4.08. The van der Waals surface area contributed by atoms with Crippen LogP contribution in [0.5, 0.6) is 0 Å². The van der Waals surface area contributed by atoms with Crippen LogP contribution in [0.4, 0.5) is 5.82 Å². The van der Waals surface area contributed by atoms with Gasteiger partial charge in [-0.1, -0.05) is 78.6 Å². The Morgan fingerprint density at radius 2 is 1.62 bits per heavy atom. The zero-order chi connectivity index (χ0) is 29.7. The third kappa shape index (κ3) is 13.8. The summed E-state index contributed by atoms with van der Waals surface area (Å²) in [6, 6.07) is 5.29. The number of carboxylic acid groups (broad SMARTS) is 1. The van der Waals surface area contributed by atoms with Crippen molar-refractivity contribution in [3.8, 4) is 0 Å². The average Bonchev–Trinajstić information content (AvgIpc) is 3.15. The number of carbonyl (C=O) groups excluding carboxylic acids is 1. The topological polar surface area (TPSA) is 87.5 Å². The van der Waals surface area contributed by atoms with Crippen LogP contribution in [0.1, 0.15) is 76.0 Å². The van der Waals surface area contributed by atoms with Crippen molar-refractivity contribution in [1.82, 2.24) is 14.7 Å². The van der Waals surface area contributed by atoms with Crippen molar-refractivity contribution in [2.45, 2.75) is 62.4 Å². The lowest BCUT2D eigenvalue weighted by atomic mass is 10.0. The fourth-order valence-electron chi connectivity index (χ4n) is 3.07. The molecule has 0 saturated carbocycles. The molecule has 1 aliphatic rings. The van der Waals surface area contributed by atoms with Gasteiger partial charge in [0, 0.05) is 29.9 Å². The molecular weight excluding hydrogens is 488 g/mol. The van der Waals surface area contributed by atoms with Crippen molar-refractivity contribution in [2.75, 3.05) is 11.9 Å². The molecule has 0 radical (unpaired) electrons. The quantitative estimate of drug-likeness (QED) is 0.234. The van der Waals surface area contributed by atoms with Gasteiger partial charge in [-0.25, -0.2) is 4.79 Å². The molecule has 7 heteroatoms. The molecule has 1 aromatic heterocycles. The van der Waals surface area contributed by atoms with E-state index in [1.807, 2.05) is 61.6 Å². The lowest BCUT2D eigenvalue weighted by Crippen LogP contribution is -2.32. The van der Waals surface area contributed by atoms with Crippen molar-refractivity contribution >= 4 is 23.8 Å². The first-order chi connectivity index (χ1) is 18.2. The number of hydrogen-bond donors (Lipinski definition) is 2. The van der Waals surface area contributed by atoms with Crippen LogP contribution in [0.15, 0.2) is 80.2 Å². The molecule has 3 rings (SSSR count). The van der Waals surface area contributed by atoms with Gasteiger partial charge in [-0.2, -0.15) is 5.10 Å². The fourth-order valence-corrected chi connectivity index (χ4v) is 3.07. The number of aryl methyl sites for hydroxylation is 2. The highest BCUT2D eigenvalue weighted by Crippen LogP contribution is 2.24. The monoisotopic (exact) mass is 538 g/mol. The fraction of sp³-hybridized carbons (Fsp3) is 0.344. The van der Waals surface area contributed by atoms with E-state index in [-0.39, 0.29) is 13.3 Å². The second kappa shape index (κ2) is 23.0. The molecule has 2 aromatic rings. The molecule has 0 saturated heterocycles. The number of allylic oxidation sites excluding steroid dienone is 4. The number of nitrogens with one attached hydrogen (secondary N) is 1. The number of nitrogens with zero attached hydrogens (tertiary/aromatic N) is 3. The maximum Gasteiger partial charge on any atom is 0.328 e. The number of benzene rings is 1. The van der Waals surface area contributed by atoms with E-state index in [1.54, 1.807) is 52.2 Å². The Hall–Kier alpha value is -4.13. The Balaban J connectivity index is -0.000000940. The molecular formula is C32H50N4O3. The third-order valence-electron chi connectivity index (χ3n) is 4.74. The molecule has 1 amide bonds. The third-order valence-corrected chi connectivity index (χ3v) is 4.74. The summed E-state index contributed by atoms with van der Waals surface area (Å²) in [6.45, 7) is 24.7. The SMILES string of the molecule is C.C/C=C1\CN(C(=O)c2ccc(/C=C/C(=O)O)c(C)c2)Cc2cnn(C)c2N1.C=CC.C=CC=C.CC.CC. The molecule has 2 N–H and O–H groups in total. The van der Waals surface area contributed by atoms with Gasteiger partial charge in [-0.15, -0.1) is 6.58 Å². The minimum absolute atomic E-state index is 0. The van der Waals surface area contributed by atoms with Crippen LogP contribution >= 0.6 is 0 Å². The summed E-state index contributed by atoms with van der Waals surface area (Å²) in [6.07, 6.45) is 11.4. The minimum Gasteiger partial charge on any atom is -0.478 e. The molecule has 0 spiro atoms. The summed E-state index contributed by atoms with van der Waals surface area (Å²) in [5.74, 6) is -0.189. The van der Waals surface area contributed by atoms with Crippen LogP contribution in [0.25, 0.3) is 6.08 Å². The maximum absolute atomic E-state index is 13.1. The van der Waals surface area contributed by atoms with Crippen LogP contribution < -0.4 is 5.32 Å². The molecule has 1 aromatic carbocycles. The van der Waals surface area contributed by atoms with Crippen LogP contribution in [-0.2, 0) is 18.4 Å². The van der Waals surface area contributed by atoms with E-state index in [0.29, 0.717) is 18.7 Å². The number of fused-ring (bicyclic) bond motifs is 1. The molecule has 0 bridgehead atoms. The Labute approximate surface area is 236 Å². The Kier molecular flexibility index (Phi) is 23.2. The smallest absolute Gasteiger partial charge is 0.328 e. The predicted octanol–water partition coefficient (Wildman–Crippen LogP) is 8.04. The van der Waals surface area contributed by atoms with E-state index < -0.39 is 5.97 Å². The summed E-state index contributed by atoms with van der Waals surface area (Å²) >= 11 is 0. The highest BCUT2D eigenvalue weighted by molar-refractivity contribution is 5.95. The van der Waals surface area contributed by atoms with E-state index in [1.165, 1.54) is 6.08 Å². The van der Waals surface area contributed by atoms with Gasteiger partial charge in [0.2, 0.25) is 0 Å². The van der Waals surface area contributed by atoms with E-state index in [9.17, 15) is 9.59 Å². The van der Waals surface area contributed by atoms with Gasteiger partial charge in [0.25, 0.3) is 5.91 Å². The van der Waals surface area contributed by atoms with E-state index in [4.69, 9.17) is 5.11 Å². The predicted molar refractivity (Wildman–Crippen MR) is 169 cm³/mol. The van der Waals surface area contributed by atoms with Gasteiger partial charge in [-0.3, -0.25) is 9.48 Å². The lowest BCUT2D eigenvalue weighted by Gasteiger charge is -2.21. The highest BCUT2D eigenvalue weighted by Gasteiger charge is 2.24. The first-order valence-corrected chi connectivity index (χ1v) is 12.8. The molecule has 0 fully saturated rings. The van der Waals surface area contributed by atoms with Crippen LogP contribution in [0, 0.1) is 6.92 Å². The van der Waals surface area contributed by atoms with Crippen molar-refractivity contribution in [2.24, 2.45) is 7.05 Å². The lowest BCUT2D eigenvalue weighted by molar-refractivity contribution is -0.131. The number of rotatable bonds is 4. The zero-order valence-corrected chi connectivity index (χ0v) is 24.4. The number of anilines is 1. The molecule has 7 nitrogen and oxygen atoms in total. The normalized spacial score (nSPS) is 11.9. The Morgan fingerprint density at radius 1 is 1.05 bits per heavy atom. The minimum atomic E-state index is -1.00. The Bertz CT molecular complexity index is 1090. The Morgan fingerprint density at radius 3 is 2.08 bits per heavy atom. The van der Waals surface area contributed by atoms with Gasteiger partial charge in [-0.05, 0) is 50.1 Å². The number of carboxylic acids is 1. The second-order valence-corrected chi connectivity index (χ2v) is 7.36. The van der Waals surface area contributed by atoms with Crippen molar-refractivity contribution in [3.63, 3.8) is 0 Å². The zero-order valence-electron chi connectivity index (χ0n) is 24.4. The molecule has 39 heavy (non-hydrogen) atoms. The van der Waals surface area contributed by atoms with E-state index in [2.05, 4.69) is 30.2 Å². The standard InChI is InChI=1S/C20H22N4O3.C4H6.C3H6.2C2H6.CH4/c1-4-17-12-24(11-16-10-21-23(3)19(16)22-17)20(27)15-6-5-14(13(2)9-15)7-8-18(25)26;1-3-4-2;1-3-2;2*1-2;/h4-10,22H,11-12H2,1-3H3,(H,25,26);3-4H,1-2H2;3H,1H2,2H3;2*1-2H3;1H4/b8-7+,17-4+;;;;;. The molecule has 216 valence electrons. The summed E-state index contributed by atoms with van der Waals surface area (Å²) in [5, 5.41) is 16.4. The largest absolute Gasteiger partial charge is 0.478 e. The first-order valence-electron chi connectivity index (χ1n) is 12.8. The molecule has 0 unspecified atom stereocenters. The summed E-state index contributed by atoms with van der Waals surface area (Å²) in [7, 11) is 1.86. The summed E-state index contributed by atoms with van der Waals surface area (Å²) < 4.78 is 1.76. The number of amides is 1. The van der Waals surface area contributed by atoms with E-state index >= 15 is 0 Å². The summed E-state index contributed by atoms with van der Waals surface area (Å²) in [4.78, 5) is 25.6. The van der Waals surface area contributed by atoms with Gasteiger partial charge in [0.15, 0.2) is 0 Å². The molecule has 0 atom stereocenters. The number of hydrogen-bond acceptors (Lipinski definition) is 4. The van der Waals surface area contributed by atoms with Crippen molar-refractivity contribution < 1.29 is 14.7 Å². The highest BCUT2D eigenvalue weighted by atomic mass is 16.4. The van der Waals surface area contributed by atoms with Crippen LogP contribution in [0.2, 0.25) is 0 Å². The molecule has 2 heterocycles. The second-order valence-electron chi connectivity index (χ2n) is 7.36. The van der Waals surface area contributed by atoms with Crippen molar-refractivity contribution in [3.05, 3.63) is 102 Å². The number of aromatic nitrogens is 2. The van der Waals surface area contributed by atoms with Crippen LogP contribution in [0.3, 0.4) is 0 Å². The maximum atomic E-state index is 13.1. The first kappa shape index (κ1) is 39.4. The van der Waals surface area contributed by atoms with E-state index in [0.717, 1.165) is 34.3 Å². The van der Waals surface area contributed by atoms with Crippen molar-refractivity contribution in [1.29, 1.82) is 0 Å².